The normalized spacial score (nSPS) is 11.0. The summed E-state index contributed by atoms with van der Waals surface area (Å²) in [4.78, 5) is 55.2. The van der Waals surface area contributed by atoms with Gasteiger partial charge < -0.3 is 9.97 Å². The highest BCUT2D eigenvalue weighted by Crippen LogP contribution is 2.23. The molecule has 2 aromatic rings. The van der Waals surface area contributed by atoms with E-state index < -0.39 is 28.4 Å². The van der Waals surface area contributed by atoms with Crippen molar-refractivity contribution in [2.45, 2.75) is 32.1 Å². The first kappa shape index (κ1) is 14.8. The van der Waals surface area contributed by atoms with Crippen LogP contribution in [-0.4, -0.2) is 19.9 Å². The summed E-state index contributed by atoms with van der Waals surface area (Å²) in [5, 5.41) is 0. The van der Waals surface area contributed by atoms with Gasteiger partial charge in [-0.05, 0) is 6.42 Å². The van der Waals surface area contributed by atoms with Crippen LogP contribution in [0.3, 0.4) is 0 Å². The molecule has 0 saturated heterocycles. The summed E-state index contributed by atoms with van der Waals surface area (Å²) in [7, 11) is 0. The Morgan fingerprint density at radius 1 is 0.905 bits per heavy atom. The van der Waals surface area contributed by atoms with Crippen LogP contribution in [0.2, 0.25) is 0 Å². The lowest BCUT2D eigenvalue weighted by Gasteiger charge is -2.15. The van der Waals surface area contributed by atoms with Crippen LogP contribution in [0.5, 0.6) is 0 Å². The molecule has 0 saturated carbocycles. The molecule has 8 nitrogen and oxygen atoms in total. The monoisotopic (exact) mass is 292 g/mol. The number of nitrogens with one attached hydrogen (secondary N) is 4. The van der Waals surface area contributed by atoms with Crippen LogP contribution in [0.1, 0.15) is 43.2 Å². The number of hydrogen-bond donors (Lipinski definition) is 4. The minimum Gasteiger partial charge on any atom is -0.314 e. The van der Waals surface area contributed by atoms with Gasteiger partial charge in [0, 0.05) is 29.4 Å². The van der Waals surface area contributed by atoms with E-state index in [2.05, 4.69) is 19.9 Å². The fourth-order valence-electron chi connectivity index (χ4n) is 2.24. The SMILES string of the molecule is CCCCC(c1c[nH]c(=O)[nH]c1=O)c1c[nH]c(=O)[nH]c1=O. The summed E-state index contributed by atoms with van der Waals surface area (Å²) in [5.74, 6) is -0.494. The summed E-state index contributed by atoms with van der Waals surface area (Å²) in [6.07, 6.45) is 4.86. The Hall–Kier alpha value is -2.64. The molecule has 0 spiro atoms. The molecule has 8 heteroatoms. The summed E-state index contributed by atoms with van der Waals surface area (Å²) in [6, 6.07) is 0. The number of aromatic amines is 4. The standard InChI is InChI=1S/C13H16N4O4/c1-2-3-4-7(8-5-14-12(20)16-10(8)18)9-6-15-13(21)17-11(9)19/h5-7H,2-4H2,1H3,(H2,14,16,18,20)(H2,15,17,19,21). The topological polar surface area (TPSA) is 131 Å². The minimum atomic E-state index is -0.603. The van der Waals surface area contributed by atoms with Gasteiger partial charge in [0.15, 0.2) is 0 Å². The van der Waals surface area contributed by atoms with Gasteiger partial charge in [-0.15, -0.1) is 0 Å². The van der Waals surface area contributed by atoms with Gasteiger partial charge in [0.1, 0.15) is 0 Å². The van der Waals surface area contributed by atoms with Crippen molar-refractivity contribution in [2.75, 3.05) is 0 Å². The zero-order valence-corrected chi connectivity index (χ0v) is 11.5. The van der Waals surface area contributed by atoms with E-state index in [4.69, 9.17) is 0 Å². The Morgan fingerprint density at radius 3 is 1.76 bits per heavy atom. The molecule has 112 valence electrons. The molecular weight excluding hydrogens is 276 g/mol. The van der Waals surface area contributed by atoms with Gasteiger partial charge >= 0.3 is 11.4 Å². The van der Waals surface area contributed by atoms with Crippen molar-refractivity contribution in [2.24, 2.45) is 0 Å². The molecule has 21 heavy (non-hydrogen) atoms. The van der Waals surface area contributed by atoms with Crippen LogP contribution in [0.15, 0.2) is 31.6 Å². The van der Waals surface area contributed by atoms with E-state index in [0.29, 0.717) is 17.5 Å². The molecule has 4 N–H and O–H groups in total. The smallest absolute Gasteiger partial charge is 0.314 e. The first-order chi connectivity index (χ1) is 10.0. The molecule has 0 fully saturated rings. The Kier molecular flexibility index (Phi) is 4.36. The Labute approximate surface area is 118 Å². The quantitative estimate of drug-likeness (QED) is 0.605. The van der Waals surface area contributed by atoms with E-state index in [-0.39, 0.29) is 0 Å². The van der Waals surface area contributed by atoms with E-state index >= 15 is 0 Å². The molecule has 0 atom stereocenters. The third kappa shape index (κ3) is 3.28. The molecule has 0 radical (unpaired) electrons. The van der Waals surface area contributed by atoms with E-state index in [1.54, 1.807) is 0 Å². The molecule has 0 amide bonds. The molecule has 0 aromatic carbocycles. The molecule has 2 rings (SSSR count). The molecule has 0 aliphatic heterocycles. The number of hydrogen-bond acceptors (Lipinski definition) is 4. The predicted molar refractivity (Wildman–Crippen MR) is 76.7 cm³/mol. The van der Waals surface area contributed by atoms with Crippen LogP contribution in [0, 0.1) is 0 Å². The Balaban J connectivity index is 2.57. The number of rotatable bonds is 5. The summed E-state index contributed by atoms with van der Waals surface area (Å²) in [5.41, 5.74) is -1.70. The average Bonchev–Trinajstić information content (AvgIpc) is 2.42. The van der Waals surface area contributed by atoms with Gasteiger partial charge in [-0.1, -0.05) is 19.8 Å². The van der Waals surface area contributed by atoms with Gasteiger partial charge in [0.05, 0.1) is 0 Å². The van der Waals surface area contributed by atoms with Crippen molar-refractivity contribution in [3.05, 3.63) is 65.2 Å². The lowest BCUT2D eigenvalue weighted by molar-refractivity contribution is 0.632. The highest BCUT2D eigenvalue weighted by Gasteiger charge is 2.20. The fraction of sp³-hybridized carbons (Fsp3) is 0.385. The van der Waals surface area contributed by atoms with E-state index in [9.17, 15) is 19.2 Å². The molecule has 0 aliphatic rings. The number of unbranched alkanes of at least 4 members (excludes halogenated alkanes) is 1. The van der Waals surface area contributed by atoms with E-state index in [1.807, 2.05) is 6.92 Å². The van der Waals surface area contributed by atoms with Crippen LogP contribution in [-0.2, 0) is 0 Å². The maximum absolute atomic E-state index is 11.9. The van der Waals surface area contributed by atoms with Gasteiger partial charge in [-0.3, -0.25) is 19.6 Å². The second kappa shape index (κ2) is 6.21. The maximum Gasteiger partial charge on any atom is 0.325 e. The molecule has 0 aliphatic carbocycles. The van der Waals surface area contributed by atoms with Crippen molar-refractivity contribution in [3.8, 4) is 0 Å². The Bertz CT molecular complexity index is 775. The lowest BCUT2D eigenvalue weighted by atomic mass is 9.90. The third-order valence-corrected chi connectivity index (χ3v) is 3.29. The van der Waals surface area contributed by atoms with Gasteiger partial charge in [-0.25, -0.2) is 9.59 Å². The van der Waals surface area contributed by atoms with Crippen LogP contribution >= 0.6 is 0 Å². The molecule has 2 aromatic heterocycles. The zero-order chi connectivity index (χ0) is 15.4. The maximum atomic E-state index is 11.9. The molecule has 0 unspecified atom stereocenters. The first-order valence-electron chi connectivity index (χ1n) is 6.66. The molecular formula is C13H16N4O4. The predicted octanol–water partition coefficient (Wildman–Crippen LogP) is -0.238. The van der Waals surface area contributed by atoms with E-state index in [0.717, 1.165) is 12.8 Å². The first-order valence-corrected chi connectivity index (χ1v) is 6.66. The Morgan fingerprint density at radius 2 is 1.38 bits per heavy atom. The summed E-state index contributed by atoms with van der Waals surface area (Å²) in [6.45, 7) is 1.99. The highest BCUT2D eigenvalue weighted by atomic mass is 16.2. The second-order valence-electron chi connectivity index (χ2n) is 4.75. The third-order valence-electron chi connectivity index (χ3n) is 3.29. The van der Waals surface area contributed by atoms with Crippen molar-refractivity contribution in [1.82, 2.24) is 19.9 Å². The molecule has 2 heterocycles. The van der Waals surface area contributed by atoms with Crippen LogP contribution < -0.4 is 22.5 Å². The van der Waals surface area contributed by atoms with E-state index in [1.165, 1.54) is 12.4 Å². The van der Waals surface area contributed by atoms with Gasteiger partial charge in [0.2, 0.25) is 0 Å². The summed E-state index contributed by atoms with van der Waals surface area (Å²) < 4.78 is 0. The van der Waals surface area contributed by atoms with Gasteiger partial charge in [-0.2, -0.15) is 0 Å². The highest BCUT2D eigenvalue weighted by molar-refractivity contribution is 5.25. The fourth-order valence-corrected chi connectivity index (χ4v) is 2.24. The average molecular weight is 292 g/mol. The summed E-state index contributed by atoms with van der Waals surface area (Å²) >= 11 is 0. The van der Waals surface area contributed by atoms with Crippen LogP contribution in [0.4, 0.5) is 0 Å². The van der Waals surface area contributed by atoms with Gasteiger partial charge in [0.25, 0.3) is 11.1 Å². The largest absolute Gasteiger partial charge is 0.325 e. The van der Waals surface area contributed by atoms with Crippen molar-refractivity contribution >= 4 is 0 Å². The number of aromatic nitrogens is 4. The number of H-pyrrole nitrogens is 4. The molecule has 0 bridgehead atoms. The lowest BCUT2D eigenvalue weighted by Crippen LogP contribution is -2.31. The van der Waals surface area contributed by atoms with Crippen molar-refractivity contribution < 1.29 is 0 Å². The van der Waals surface area contributed by atoms with Crippen LogP contribution in [0.25, 0.3) is 0 Å². The van der Waals surface area contributed by atoms with Crippen molar-refractivity contribution in [3.63, 3.8) is 0 Å². The van der Waals surface area contributed by atoms with Crippen molar-refractivity contribution in [1.29, 1.82) is 0 Å². The zero-order valence-electron chi connectivity index (χ0n) is 11.5. The minimum absolute atomic E-state index is 0.292. The second-order valence-corrected chi connectivity index (χ2v) is 4.75.